The summed E-state index contributed by atoms with van der Waals surface area (Å²) in [4.78, 5) is 25.8. The van der Waals surface area contributed by atoms with E-state index in [1.807, 2.05) is 0 Å². The van der Waals surface area contributed by atoms with Crippen molar-refractivity contribution in [2.45, 2.75) is 25.7 Å². The van der Waals surface area contributed by atoms with E-state index in [0.717, 1.165) is 12.3 Å². The highest BCUT2D eigenvalue weighted by Crippen LogP contribution is 2.31. The maximum atomic E-state index is 13.0. The molecule has 0 fully saturated rings. The molecule has 0 amide bonds. The first-order valence-electron chi connectivity index (χ1n) is 9.24. The normalized spacial score (nSPS) is 13.0. The van der Waals surface area contributed by atoms with E-state index in [1.54, 1.807) is 31.0 Å². The van der Waals surface area contributed by atoms with E-state index in [1.165, 1.54) is 23.0 Å². The van der Waals surface area contributed by atoms with Gasteiger partial charge in [0.25, 0.3) is 5.56 Å². The second-order valence-electron chi connectivity index (χ2n) is 7.14. The Kier molecular flexibility index (Phi) is 5.05. The number of rotatable bonds is 4. The van der Waals surface area contributed by atoms with Crippen LogP contribution in [0.3, 0.4) is 0 Å². The van der Waals surface area contributed by atoms with Crippen LogP contribution in [0, 0.1) is 0 Å². The predicted octanol–water partition coefficient (Wildman–Crippen LogP) is 2.65. The van der Waals surface area contributed by atoms with Gasteiger partial charge in [-0.05, 0) is 25.1 Å². The number of hydrogen-bond acceptors (Lipinski definition) is 6. The number of alkyl halides is 3. The first-order valence-corrected chi connectivity index (χ1v) is 9.24. The summed E-state index contributed by atoms with van der Waals surface area (Å²) in [5, 5.41) is 14.0. The number of pyridine rings is 2. The summed E-state index contributed by atoms with van der Waals surface area (Å²) < 4.78 is 41.5. The Morgan fingerprint density at radius 2 is 1.94 bits per heavy atom. The molecule has 4 aromatic heterocycles. The number of halogens is 3. The van der Waals surface area contributed by atoms with Crippen LogP contribution in [0.1, 0.15) is 12.5 Å². The van der Waals surface area contributed by atoms with Gasteiger partial charge in [-0.25, -0.2) is 9.97 Å². The second-order valence-corrected chi connectivity index (χ2v) is 7.14. The van der Waals surface area contributed by atoms with E-state index in [4.69, 9.17) is 0 Å². The largest absolute Gasteiger partial charge is 0.417 e. The zero-order chi connectivity index (χ0) is 22.3. The smallest absolute Gasteiger partial charge is 0.392 e. The molecule has 0 unspecified atom stereocenters. The van der Waals surface area contributed by atoms with Crippen LogP contribution in [0.25, 0.3) is 33.5 Å². The van der Waals surface area contributed by atoms with Crippen molar-refractivity contribution >= 4 is 10.9 Å². The molecule has 0 saturated heterocycles. The molecular formula is C20H17F3N6O2. The molecule has 4 aromatic rings. The third-order valence-corrected chi connectivity index (χ3v) is 4.60. The molecule has 0 aliphatic heterocycles. The third kappa shape index (κ3) is 4.04. The van der Waals surface area contributed by atoms with Gasteiger partial charge in [0, 0.05) is 25.0 Å². The van der Waals surface area contributed by atoms with E-state index < -0.39 is 23.4 Å². The van der Waals surface area contributed by atoms with Crippen LogP contribution in [-0.4, -0.2) is 40.5 Å². The number of aliphatic hydroxyl groups excluding tert-OH is 1. The highest BCUT2D eigenvalue weighted by molar-refractivity contribution is 5.93. The number of hydrogen-bond donors (Lipinski definition) is 1. The SMILES string of the molecule is C[C@@H](O)Cn1cnc2c(-c3cnn(C)c3)nc(-c3ccc(C(F)(F)F)cn3)cc2c1=O. The number of aliphatic hydroxyl groups is 1. The molecule has 11 heteroatoms. The fourth-order valence-corrected chi connectivity index (χ4v) is 3.17. The molecule has 0 aliphatic carbocycles. The Labute approximate surface area is 173 Å². The minimum Gasteiger partial charge on any atom is -0.392 e. The summed E-state index contributed by atoms with van der Waals surface area (Å²) in [6, 6.07) is 3.56. The average Bonchev–Trinajstić information content (AvgIpc) is 3.15. The number of nitrogens with zero attached hydrogens (tertiary/aromatic N) is 6. The fraction of sp³-hybridized carbons (Fsp3) is 0.250. The van der Waals surface area contributed by atoms with Gasteiger partial charge in [0.05, 0.1) is 47.5 Å². The maximum absolute atomic E-state index is 13.0. The van der Waals surface area contributed by atoms with Gasteiger partial charge in [-0.2, -0.15) is 18.3 Å². The van der Waals surface area contributed by atoms with Gasteiger partial charge in [-0.3, -0.25) is 19.0 Å². The lowest BCUT2D eigenvalue weighted by Crippen LogP contribution is -2.25. The van der Waals surface area contributed by atoms with Crippen LogP contribution in [0.5, 0.6) is 0 Å². The summed E-state index contributed by atoms with van der Waals surface area (Å²) >= 11 is 0. The predicted molar refractivity (Wildman–Crippen MR) is 106 cm³/mol. The van der Waals surface area contributed by atoms with Crippen molar-refractivity contribution in [2.75, 3.05) is 0 Å². The Morgan fingerprint density at radius 1 is 1.16 bits per heavy atom. The molecule has 8 nitrogen and oxygen atoms in total. The quantitative estimate of drug-likeness (QED) is 0.535. The Bertz CT molecular complexity index is 1310. The molecule has 31 heavy (non-hydrogen) atoms. The average molecular weight is 430 g/mol. The Morgan fingerprint density at radius 3 is 2.52 bits per heavy atom. The molecule has 160 valence electrons. The topological polar surface area (TPSA) is 98.7 Å². The summed E-state index contributed by atoms with van der Waals surface area (Å²) in [5.41, 5.74) is 0.344. The number of aromatic nitrogens is 6. The number of fused-ring (bicyclic) bond motifs is 1. The van der Waals surface area contributed by atoms with Crippen molar-refractivity contribution in [3.05, 3.63) is 59.0 Å². The summed E-state index contributed by atoms with van der Waals surface area (Å²) in [7, 11) is 1.72. The highest BCUT2D eigenvalue weighted by Gasteiger charge is 2.30. The van der Waals surface area contributed by atoms with Crippen LogP contribution >= 0.6 is 0 Å². The first kappa shape index (κ1) is 20.7. The summed E-state index contributed by atoms with van der Waals surface area (Å²) in [6.45, 7) is 1.59. The van der Waals surface area contributed by atoms with Gasteiger partial charge in [0.15, 0.2) is 0 Å². The zero-order valence-corrected chi connectivity index (χ0v) is 16.5. The molecule has 0 saturated carbocycles. The summed E-state index contributed by atoms with van der Waals surface area (Å²) in [5.74, 6) is 0. The van der Waals surface area contributed by atoms with Crippen molar-refractivity contribution in [2.24, 2.45) is 7.05 Å². The fourth-order valence-electron chi connectivity index (χ4n) is 3.17. The second kappa shape index (κ2) is 7.58. The Balaban J connectivity index is 1.95. The highest BCUT2D eigenvalue weighted by atomic mass is 19.4. The minimum atomic E-state index is -4.51. The van der Waals surface area contributed by atoms with Crippen molar-refractivity contribution in [3.8, 4) is 22.6 Å². The third-order valence-electron chi connectivity index (χ3n) is 4.60. The van der Waals surface area contributed by atoms with Crippen LogP contribution < -0.4 is 5.56 Å². The molecular weight excluding hydrogens is 413 g/mol. The van der Waals surface area contributed by atoms with Crippen LogP contribution in [0.15, 0.2) is 47.9 Å². The molecule has 1 atom stereocenters. The van der Waals surface area contributed by atoms with Crippen molar-refractivity contribution in [1.82, 2.24) is 29.3 Å². The lowest BCUT2D eigenvalue weighted by molar-refractivity contribution is -0.137. The lowest BCUT2D eigenvalue weighted by Gasteiger charge is -2.12. The van der Waals surface area contributed by atoms with E-state index in [0.29, 0.717) is 16.8 Å². The molecule has 0 aromatic carbocycles. The van der Waals surface area contributed by atoms with Crippen molar-refractivity contribution in [3.63, 3.8) is 0 Å². The van der Waals surface area contributed by atoms with Crippen LogP contribution in [0.2, 0.25) is 0 Å². The molecule has 0 bridgehead atoms. The molecule has 4 heterocycles. The van der Waals surface area contributed by atoms with Gasteiger partial charge < -0.3 is 5.11 Å². The standard InChI is InChI=1S/C20H17F3N6O2/c1-11(30)8-29-10-25-18-14(19(29)31)5-16(27-17(18)12-6-26-28(2)9-12)15-4-3-13(7-24-15)20(21,22)23/h3-7,9-11,30H,8H2,1-2H3/t11-/m1/s1. The van der Waals surface area contributed by atoms with Crippen LogP contribution in [0.4, 0.5) is 13.2 Å². The summed E-state index contributed by atoms with van der Waals surface area (Å²) in [6.07, 6.45) is 0.00730. The zero-order valence-electron chi connectivity index (χ0n) is 16.5. The molecule has 4 rings (SSSR count). The van der Waals surface area contributed by atoms with E-state index in [9.17, 15) is 23.1 Å². The lowest BCUT2D eigenvalue weighted by atomic mass is 10.1. The van der Waals surface area contributed by atoms with Crippen molar-refractivity contribution < 1.29 is 18.3 Å². The van der Waals surface area contributed by atoms with Crippen LogP contribution in [-0.2, 0) is 19.8 Å². The van der Waals surface area contributed by atoms with Crippen molar-refractivity contribution in [1.29, 1.82) is 0 Å². The van der Waals surface area contributed by atoms with Gasteiger partial charge >= 0.3 is 6.18 Å². The minimum absolute atomic E-state index is 0.0419. The molecule has 0 spiro atoms. The van der Waals surface area contributed by atoms with E-state index >= 15 is 0 Å². The van der Waals surface area contributed by atoms with Gasteiger partial charge in [0.1, 0.15) is 11.2 Å². The van der Waals surface area contributed by atoms with Gasteiger partial charge in [0.2, 0.25) is 0 Å². The Hall–Kier alpha value is -3.60. The van der Waals surface area contributed by atoms with Gasteiger partial charge in [-0.1, -0.05) is 0 Å². The molecule has 0 radical (unpaired) electrons. The first-order chi connectivity index (χ1) is 14.6. The molecule has 1 N–H and O–H groups in total. The number of aryl methyl sites for hydroxylation is 1. The van der Waals surface area contributed by atoms with E-state index in [2.05, 4.69) is 20.1 Å². The van der Waals surface area contributed by atoms with Gasteiger partial charge in [-0.15, -0.1) is 0 Å². The molecule has 0 aliphatic rings. The monoisotopic (exact) mass is 430 g/mol. The van der Waals surface area contributed by atoms with E-state index in [-0.39, 0.29) is 23.3 Å². The maximum Gasteiger partial charge on any atom is 0.417 e.